The molecule has 0 aliphatic rings. The first kappa shape index (κ1) is 11.9. The first-order valence-corrected chi connectivity index (χ1v) is 5.92. The molecule has 0 spiro atoms. The van der Waals surface area contributed by atoms with Gasteiger partial charge in [-0.15, -0.1) is 0 Å². The maximum Gasteiger partial charge on any atom is 0.323 e. The van der Waals surface area contributed by atoms with Gasteiger partial charge in [-0.2, -0.15) is 5.26 Å². The lowest BCUT2D eigenvalue weighted by molar-refractivity contribution is 1.07. The van der Waals surface area contributed by atoms with Crippen LogP contribution in [0.15, 0.2) is 35.4 Å². The molecule has 0 unspecified atom stereocenters. The highest BCUT2D eigenvalue weighted by atomic mass is 16.1. The lowest BCUT2D eigenvalue weighted by Crippen LogP contribution is -2.04. The Morgan fingerprint density at radius 3 is 2.85 bits per heavy atom. The number of fused-ring (bicyclic) bond motifs is 1. The van der Waals surface area contributed by atoms with E-state index in [2.05, 4.69) is 25.3 Å². The second-order valence-corrected chi connectivity index (χ2v) is 4.18. The van der Waals surface area contributed by atoms with Crippen molar-refractivity contribution in [3.05, 3.63) is 52.3 Å². The SMILES string of the molecule is N#Cc1nccnc1NCc1ccc2[nH]c(=O)[nH]c2c1. The Hall–Kier alpha value is -3.14. The molecule has 2 aromatic heterocycles. The Morgan fingerprint density at radius 1 is 1.20 bits per heavy atom. The fourth-order valence-electron chi connectivity index (χ4n) is 1.92. The molecule has 0 amide bonds. The van der Waals surface area contributed by atoms with Gasteiger partial charge in [0.15, 0.2) is 11.5 Å². The van der Waals surface area contributed by atoms with E-state index in [1.165, 1.54) is 12.4 Å². The first-order chi connectivity index (χ1) is 9.76. The number of nitrogens with one attached hydrogen (secondary N) is 3. The summed E-state index contributed by atoms with van der Waals surface area (Å²) in [7, 11) is 0. The van der Waals surface area contributed by atoms with Crippen LogP contribution in [0.2, 0.25) is 0 Å². The van der Waals surface area contributed by atoms with E-state index in [9.17, 15) is 4.79 Å². The minimum Gasteiger partial charge on any atom is -0.364 e. The molecule has 0 saturated heterocycles. The van der Waals surface area contributed by atoms with Gasteiger partial charge in [0.25, 0.3) is 0 Å². The van der Waals surface area contributed by atoms with Crippen LogP contribution in [0.4, 0.5) is 5.82 Å². The Kier molecular flexibility index (Phi) is 2.89. The van der Waals surface area contributed by atoms with E-state index in [4.69, 9.17) is 5.26 Å². The lowest BCUT2D eigenvalue weighted by atomic mass is 10.2. The zero-order valence-electron chi connectivity index (χ0n) is 10.3. The molecule has 98 valence electrons. The molecule has 7 nitrogen and oxygen atoms in total. The molecule has 3 aromatic rings. The normalized spacial score (nSPS) is 10.3. The van der Waals surface area contributed by atoms with Crippen molar-refractivity contribution < 1.29 is 0 Å². The number of nitriles is 1. The van der Waals surface area contributed by atoms with Gasteiger partial charge in [0, 0.05) is 18.9 Å². The average Bonchev–Trinajstić information content (AvgIpc) is 2.84. The van der Waals surface area contributed by atoms with E-state index in [-0.39, 0.29) is 11.4 Å². The molecule has 1 aromatic carbocycles. The number of aromatic amines is 2. The van der Waals surface area contributed by atoms with Gasteiger partial charge in [0.2, 0.25) is 0 Å². The van der Waals surface area contributed by atoms with E-state index in [1.807, 2.05) is 24.3 Å². The van der Waals surface area contributed by atoms with Gasteiger partial charge in [-0.1, -0.05) is 6.07 Å². The summed E-state index contributed by atoms with van der Waals surface area (Å²) in [5, 5.41) is 12.0. The molecule has 7 heteroatoms. The zero-order chi connectivity index (χ0) is 13.9. The van der Waals surface area contributed by atoms with Crippen molar-refractivity contribution in [2.45, 2.75) is 6.54 Å². The highest BCUT2D eigenvalue weighted by molar-refractivity contribution is 5.75. The maximum atomic E-state index is 11.2. The Bertz CT molecular complexity index is 857. The summed E-state index contributed by atoms with van der Waals surface area (Å²) >= 11 is 0. The first-order valence-electron chi connectivity index (χ1n) is 5.92. The number of rotatable bonds is 3. The molecule has 3 rings (SSSR count). The van der Waals surface area contributed by atoms with Crippen LogP contribution in [0.3, 0.4) is 0 Å². The van der Waals surface area contributed by atoms with Gasteiger partial charge in [0.05, 0.1) is 11.0 Å². The standard InChI is InChI=1S/C13H10N6O/c14-6-11-12(16-4-3-15-11)17-7-8-1-2-9-10(5-8)19-13(20)18-9/h1-5H,7H2,(H,16,17)(H2,18,19,20). The fraction of sp³-hybridized carbons (Fsp3) is 0.0769. The Labute approximate surface area is 113 Å². The van der Waals surface area contributed by atoms with Crippen molar-refractivity contribution in [1.82, 2.24) is 19.9 Å². The summed E-state index contributed by atoms with van der Waals surface area (Å²) in [6.07, 6.45) is 3.00. The van der Waals surface area contributed by atoms with Crippen molar-refractivity contribution in [1.29, 1.82) is 5.26 Å². The van der Waals surface area contributed by atoms with Crippen LogP contribution in [0, 0.1) is 11.3 Å². The summed E-state index contributed by atoms with van der Waals surface area (Å²) in [5.74, 6) is 0.442. The quantitative estimate of drug-likeness (QED) is 0.658. The summed E-state index contributed by atoms with van der Waals surface area (Å²) < 4.78 is 0. The number of aromatic nitrogens is 4. The van der Waals surface area contributed by atoms with Crippen LogP contribution in [-0.2, 0) is 6.54 Å². The summed E-state index contributed by atoms with van der Waals surface area (Å²) in [5.41, 5.74) is 2.49. The monoisotopic (exact) mass is 266 g/mol. The predicted molar refractivity (Wildman–Crippen MR) is 73.0 cm³/mol. The van der Waals surface area contributed by atoms with Crippen LogP contribution in [0.1, 0.15) is 11.3 Å². The molecular weight excluding hydrogens is 256 g/mol. The highest BCUT2D eigenvalue weighted by Gasteiger charge is 2.04. The van der Waals surface area contributed by atoms with Gasteiger partial charge in [-0.25, -0.2) is 14.8 Å². The number of nitrogens with zero attached hydrogens (tertiary/aromatic N) is 3. The third-order valence-electron chi connectivity index (χ3n) is 2.84. The summed E-state index contributed by atoms with van der Waals surface area (Å²) in [4.78, 5) is 24.6. The van der Waals surface area contributed by atoms with Gasteiger partial charge in [0.1, 0.15) is 6.07 Å². The second-order valence-electron chi connectivity index (χ2n) is 4.18. The molecule has 20 heavy (non-hydrogen) atoms. The van der Waals surface area contributed by atoms with E-state index < -0.39 is 0 Å². The number of anilines is 1. The average molecular weight is 266 g/mol. The zero-order valence-corrected chi connectivity index (χ0v) is 10.3. The van der Waals surface area contributed by atoms with Crippen LogP contribution in [-0.4, -0.2) is 19.9 Å². The molecular formula is C13H10N6O. The van der Waals surface area contributed by atoms with Crippen LogP contribution in [0.25, 0.3) is 11.0 Å². The van der Waals surface area contributed by atoms with E-state index in [0.717, 1.165) is 16.6 Å². The number of imidazole rings is 1. The maximum absolute atomic E-state index is 11.2. The summed E-state index contributed by atoms with van der Waals surface area (Å²) in [6.45, 7) is 0.483. The Balaban J connectivity index is 1.83. The van der Waals surface area contributed by atoms with Crippen molar-refractivity contribution in [2.24, 2.45) is 0 Å². The minimum absolute atomic E-state index is 0.231. The lowest BCUT2D eigenvalue weighted by Gasteiger charge is -2.06. The number of H-pyrrole nitrogens is 2. The smallest absolute Gasteiger partial charge is 0.323 e. The number of benzene rings is 1. The van der Waals surface area contributed by atoms with Crippen molar-refractivity contribution >= 4 is 16.9 Å². The van der Waals surface area contributed by atoms with Crippen LogP contribution < -0.4 is 11.0 Å². The molecule has 0 aliphatic carbocycles. The van der Waals surface area contributed by atoms with Crippen molar-refractivity contribution in [3.8, 4) is 6.07 Å². The van der Waals surface area contributed by atoms with Crippen molar-refractivity contribution in [3.63, 3.8) is 0 Å². The molecule has 0 aliphatic heterocycles. The number of hydrogen-bond acceptors (Lipinski definition) is 5. The van der Waals surface area contributed by atoms with Crippen LogP contribution in [0.5, 0.6) is 0 Å². The van der Waals surface area contributed by atoms with Gasteiger partial charge in [-0.3, -0.25) is 0 Å². The number of hydrogen-bond donors (Lipinski definition) is 3. The van der Waals surface area contributed by atoms with Crippen molar-refractivity contribution in [2.75, 3.05) is 5.32 Å². The predicted octanol–water partition coefficient (Wildman–Crippen LogP) is 1.13. The fourth-order valence-corrected chi connectivity index (χ4v) is 1.92. The Morgan fingerprint density at radius 2 is 2.00 bits per heavy atom. The summed E-state index contributed by atoms with van der Waals surface area (Å²) in [6, 6.07) is 7.56. The third-order valence-corrected chi connectivity index (χ3v) is 2.84. The topological polar surface area (TPSA) is 110 Å². The third kappa shape index (κ3) is 2.22. The largest absolute Gasteiger partial charge is 0.364 e. The van der Waals surface area contributed by atoms with E-state index >= 15 is 0 Å². The van der Waals surface area contributed by atoms with Crippen LogP contribution >= 0.6 is 0 Å². The molecule has 0 radical (unpaired) electrons. The molecule has 0 saturated carbocycles. The molecule has 0 bridgehead atoms. The molecule has 0 fully saturated rings. The highest BCUT2D eigenvalue weighted by Crippen LogP contribution is 2.13. The molecule has 2 heterocycles. The molecule has 0 atom stereocenters. The second kappa shape index (κ2) is 4.85. The van der Waals surface area contributed by atoms with E-state index in [1.54, 1.807) is 0 Å². The van der Waals surface area contributed by atoms with E-state index in [0.29, 0.717) is 12.4 Å². The molecule has 3 N–H and O–H groups in total. The van der Waals surface area contributed by atoms with Gasteiger partial charge >= 0.3 is 5.69 Å². The van der Waals surface area contributed by atoms with Gasteiger partial charge in [-0.05, 0) is 17.7 Å². The van der Waals surface area contributed by atoms with Gasteiger partial charge < -0.3 is 15.3 Å². The minimum atomic E-state index is -0.231.